The van der Waals surface area contributed by atoms with Crippen LogP contribution in [0.5, 0.6) is 23.0 Å². The first-order chi connectivity index (χ1) is 13.8. The highest BCUT2D eigenvalue weighted by Gasteiger charge is 2.27. The lowest BCUT2D eigenvalue weighted by Crippen LogP contribution is -2.21. The van der Waals surface area contributed by atoms with Gasteiger partial charge < -0.3 is 18.9 Å². The number of rotatable bonds is 4. The summed E-state index contributed by atoms with van der Waals surface area (Å²) >= 11 is 1.43. The van der Waals surface area contributed by atoms with Gasteiger partial charge >= 0.3 is 0 Å². The Bertz CT molecular complexity index is 1160. The van der Waals surface area contributed by atoms with E-state index in [1.54, 1.807) is 18.7 Å². The molecule has 0 spiro atoms. The zero-order valence-electron chi connectivity index (χ0n) is 15.2. The minimum Gasteiger partial charge on any atom is -0.493 e. The van der Waals surface area contributed by atoms with Gasteiger partial charge in [0.1, 0.15) is 6.61 Å². The van der Waals surface area contributed by atoms with Gasteiger partial charge in [-0.15, -0.1) is 10.2 Å². The number of nitrogens with zero attached hydrogens (tertiary/aromatic N) is 4. The van der Waals surface area contributed by atoms with Gasteiger partial charge in [0.05, 0.1) is 14.2 Å². The van der Waals surface area contributed by atoms with Gasteiger partial charge in [-0.2, -0.15) is 9.61 Å². The lowest BCUT2D eigenvalue weighted by Gasteiger charge is -2.24. The van der Waals surface area contributed by atoms with Crippen molar-refractivity contribution in [2.75, 3.05) is 20.8 Å². The number of para-hydroxylation sites is 2. The number of methoxy groups -OCH3 is 2. The van der Waals surface area contributed by atoms with Crippen LogP contribution in [0.3, 0.4) is 0 Å². The summed E-state index contributed by atoms with van der Waals surface area (Å²) in [7, 11) is 3.20. The highest BCUT2D eigenvalue weighted by atomic mass is 32.1. The van der Waals surface area contributed by atoms with Gasteiger partial charge in [0, 0.05) is 5.56 Å². The molecule has 0 saturated carbocycles. The van der Waals surface area contributed by atoms with Crippen molar-refractivity contribution in [2.24, 2.45) is 0 Å². The fourth-order valence-electron chi connectivity index (χ4n) is 3.06. The van der Waals surface area contributed by atoms with Crippen molar-refractivity contribution in [1.82, 2.24) is 19.8 Å². The van der Waals surface area contributed by atoms with Crippen LogP contribution in [-0.4, -0.2) is 40.6 Å². The van der Waals surface area contributed by atoms with Crippen molar-refractivity contribution in [3.63, 3.8) is 0 Å². The quantitative estimate of drug-likeness (QED) is 0.523. The first-order valence-corrected chi connectivity index (χ1v) is 9.41. The average molecular weight is 396 g/mol. The number of aromatic nitrogens is 4. The van der Waals surface area contributed by atoms with E-state index in [2.05, 4.69) is 15.3 Å². The summed E-state index contributed by atoms with van der Waals surface area (Å²) in [6.45, 7) is 0.396. The molecule has 0 fully saturated rings. The molecule has 2 aromatic carbocycles. The normalized spacial score (nSPS) is 15.6. The predicted molar refractivity (Wildman–Crippen MR) is 103 cm³/mol. The minimum absolute atomic E-state index is 0.292. The molecule has 0 saturated heterocycles. The SMILES string of the molecule is COc1ccc(-c2nnc3sc([C@H]4COc5ccccc5O4)nn23)cc1OC. The molecule has 0 aliphatic carbocycles. The molecular formula is C19H16N4O4S. The van der Waals surface area contributed by atoms with Gasteiger partial charge in [0.25, 0.3) is 0 Å². The van der Waals surface area contributed by atoms with E-state index >= 15 is 0 Å². The van der Waals surface area contributed by atoms with Crippen molar-refractivity contribution < 1.29 is 18.9 Å². The van der Waals surface area contributed by atoms with E-state index < -0.39 is 0 Å². The van der Waals surface area contributed by atoms with Crippen molar-refractivity contribution in [3.05, 3.63) is 47.5 Å². The smallest absolute Gasteiger partial charge is 0.235 e. The first-order valence-electron chi connectivity index (χ1n) is 8.60. The van der Waals surface area contributed by atoms with Crippen LogP contribution >= 0.6 is 11.3 Å². The third kappa shape index (κ3) is 2.71. The second-order valence-electron chi connectivity index (χ2n) is 6.09. The van der Waals surface area contributed by atoms with E-state index in [9.17, 15) is 0 Å². The molecule has 0 bridgehead atoms. The lowest BCUT2D eigenvalue weighted by atomic mass is 10.2. The summed E-state index contributed by atoms with van der Waals surface area (Å²) in [5, 5.41) is 14.0. The zero-order chi connectivity index (χ0) is 19.1. The molecule has 1 aliphatic rings. The minimum atomic E-state index is -0.292. The zero-order valence-corrected chi connectivity index (χ0v) is 16.0. The van der Waals surface area contributed by atoms with Crippen molar-refractivity contribution >= 4 is 16.3 Å². The summed E-state index contributed by atoms with van der Waals surface area (Å²) < 4.78 is 24.2. The van der Waals surface area contributed by atoms with Crippen LogP contribution in [0, 0.1) is 0 Å². The molecule has 0 N–H and O–H groups in total. The second-order valence-corrected chi connectivity index (χ2v) is 7.08. The molecule has 0 radical (unpaired) electrons. The summed E-state index contributed by atoms with van der Waals surface area (Å²) in [5.41, 5.74) is 0.827. The molecule has 1 aliphatic heterocycles. The fraction of sp³-hybridized carbons (Fsp3) is 0.211. The van der Waals surface area contributed by atoms with Gasteiger partial charge in [-0.25, -0.2) is 0 Å². The summed E-state index contributed by atoms with van der Waals surface area (Å²) in [5.74, 6) is 3.35. The maximum atomic E-state index is 6.05. The number of hydrogen-bond donors (Lipinski definition) is 0. The van der Waals surface area contributed by atoms with E-state index in [1.807, 2.05) is 42.5 Å². The Kier molecular flexibility index (Phi) is 4.01. The van der Waals surface area contributed by atoms with Crippen LogP contribution in [0.2, 0.25) is 0 Å². The molecule has 3 heterocycles. The average Bonchev–Trinajstić information content (AvgIpc) is 3.34. The Hall–Kier alpha value is -3.33. The molecule has 142 valence electrons. The monoisotopic (exact) mass is 396 g/mol. The lowest BCUT2D eigenvalue weighted by molar-refractivity contribution is 0.0904. The third-order valence-electron chi connectivity index (χ3n) is 4.43. The highest BCUT2D eigenvalue weighted by molar-refractivity contribution is 7.16. The molecule has 5 rings (SSSR count). The Morgan fingerprint density at radius 2 is 1.86 bits per heavy atom. The first kappa shape index (κ1) is 16.8. The third-order valence-corrected chi connectivity index (χ3v) is 5.42. The topological polar surface area (TPSA) is 80.0 Å². The van der Waals surface area contributed by atoms with E-state index in [-0.39, 0.29) is 6.10 Å². The Balaban J connectivity index is 1.50. The van der Waals surface area contributed by atoms with Gasteiger partial charge in [0.2, 0.25) is 4.96 Å². The van der Waals surface area contributed by atoms with Gasteiger partial charge in [-0.3, -0.25) is 0 Å². The van der Waals surface area contributed by atoms with Crippen LogP contribution in [0.4, 0.5) is 0 Å². The van der Waals surface area contributed by atoms with E-state index in [0.29, 0.717) is 34.6 Å². The highest BCUT2D eigenvalue weighted by Crippen LogP contribution is 2.37. The van der Waals surface area contributed by atoms with Gasteiger partial charge in [0.15, 0.2) is 39.9 Å². The van der Waals surface area contributed by atoms with Crippen LogP contribution in [-0.2, 0) is 0 Å². The summed E-state index contributed by atoms with van der Waals surface area (Å²) in [4.78, 5) is 0.683. The molecule has 9 heteroatoms. The van der Waals surface area contributed by atoms with Crippen LogP contribution < -0.4 is 18.9 Å². The maximum Gasteiger partial charge on any atom is 0.235 e. The fourth-order valence-corrected chi connectivity index (χ4v) is 3.91. The van der Waals surface area contributed by atoms with Crippen molar-refractivity contribution in [3.8, 4) is 34.4 Å². The number of hydrogen-bond acceptors (Lipinski definition) is 8. The number of benzene rings is 2. The van der Waals surface area contributed by atoms with E-state index in [1.165, 1.54) is 11.3 Å². The van der Waals surface area contributed by atoms with Gasteiger partial charge in [-0.05, 0) is 30.3 Å². The molecule has 0 amide bonds. The van der Waals surface area contributed by atoms with Crippen LogP contribution in [0.25, 0.3) is 16.3 Å². The largest absolute Gasteiger partial charge is 0.493 e. The van der Waals surface area contributed by atoms with Crippen molar-refractivity contribution in [2.45, 2.75) is 6.10 Å². The van der Waals surface area contributed by atoms with E-state index in [4.69, 9.17) is 18.9 Å². The Morgan fingerprint density at radius 1 is 1.04 bits per heavy atom. The predicted octanol–water partition coefficient (Wildman–Crippen LogP) is 3.38. The molecule has 4 aromatic rings. The Morgan fingerprint density at radius 3 is 2.68 bits per heavy atom. The molecular weight excluding hydrogens is 380 g/mol. The van der Waals surface area contributed by atoms with Crippen molar-refractivity contribution in [1.29, 1.82) is 0 Å². The molecule has 28 heavy (non-hydrogen) atoms. The summed E-state index contributed by atoms with van der Waals surface area (Å²) in [6, 6.07) is 13.2. The van der Waals surface area contributed by atoms with Crippen LogP contribution in [0.1, 0.15) is 11.1 Å². The molecule has 1 atom stereocenters. The second kappa shape index (κ2) is 6.68. The molecule has 8 nitrogen and oxygen atoms in total. The number of fused-ring (bicyclic) bond motifs is 2. The van der Waals surface area contributed by atoms with Gasteiger partial charge in [-0.1, -0.05) is 23.5 Å². The molecule has 2 aromatic heterocycles. The standard InChI is InChI=1S/C19H16N4O4S/c1-24-12-8-7-11(9-15(12)25-2)17-20-21-19-23(17)22-18(28-19)16-10-26-13-5-3-4-6-14(13)27-16/h3-9,16H,10H2,1-2H3/t16-/m1/s1. The Labute approximate surface area is 164 Å². The van der Waals surface area contributed by atoms with E-state index in [0.717, 1.165) is 16.3 Å². The van der Waals surface area contributed by atoms with Crippen LogP contribution in [0.15, 0.2) is 42.5 Å². The summed E-state index contributed by atoms with van der Waals surface area (Å²) in [6.07, 6.45) is -0.292. The number of ether oxygens (including phenoxy) is 4. The maximum absolute atomic E-state index is 6.05. The molecule has 0 unspecified atom stereocenters.